The molecule has 0 fully saturated rings. The Morgan fingerprint density at radius 2 is 1.50 bits per heavy atom. The van der Waals surface area contributed by atoms with Gasteiger partial charge in [-0.3, -0.25) is 0 Å². The third-order valence-electron chi connectivity index (χ3n) is 4.10. The van der Waals surface area contributed by atoms with Crippen LogP contribution in [0.25, 0.3) is 0 Å². The molecule has 1 aromatic rings. The van der Waals surface area contributed by atoms with Crippen molar-refractivity contribution in [1.29, 1.82) is 0 Å². The summed E-state index contributed by atoms with van der Waals surface area (Å²) in [5.41, 5.74) is 1.35. The number of fused-ring (bicyclic) bond motifs is 1. The Labute approximate surface area is 109 Å². The van der Waals surface area contributed by atoms with Crippen LogP contribution in [-0.2, 0) is 16.7 Å². The van der Waals surface area contributed by atoms with E-state index in [9.17, 15) is 10.3 Å². The van der Waals surface area contributed by atoms with Crippen LogP contribution in [0.5, 0.6) is 0 Å². The van der Waals surface area contributed by atoms with Crippen LogP contribution in [0.1, 0.15) is 58.2 Å². The molecule has 2 N–H and O–H groups in total. The molecule has 18 heavy (non-hydrogen) atoms. The van der Waals surface area contributed by atoms with Crippen LogP contribution in [-0.4, -0.2) is 15.4 Å². The number of hydrogen-bond donors (Lipinski definition) is 2. The lowest BCUT2D eigenvalue weighted by Crippen LogP contribution is -2.42. The van der Waals surface area contributed by atoms with Gasteiger partial charge < -0.3 is 10.3 Å². The van der Waals surface area contributed by atoms with Gasteiger partial charge in [0.2, 0.25) is 0 Å². The lowest BCUT2D eigenvalue weighted by Gasteiger charge is -2.34. The van der Waals surface area contributed by atoms with Crippen molar-refractivity contribution in [2.45, 2.75) is 58.2 Å². The molecule has 0 saturated heterocycles. The fraction of sp³-hybridized carbons (Fsp3) is 0.600. The molecule has 0 unspecified atom stereocenters. The molecule has 0 saturated carbocycles. The van der Waals surface area contributed by atoms with Crippen LogP contribution in [0.15, 0.2) is 18.2 Å². The van der Waals surface area contributed by atoms with Crippen molar-refractivity contribution >= 4 is 0 Å². The zero-order valence-corrected chi connectivity index (χ0v) is 12.1. The minimum absolute atomic E-state index is 0.406. The van der Waals surface area contributed by atoms with Gasteiger partial charge in [-0.2, -0.15) is 5.06 Å². The first-order valence-electron chi connectivity index (χ1n) is 6.36. The predicted octanol–water partition coefficient (Wildman–Crippen LogP) is 3.09. The Bertz CT molecular complexity index is 484. The highest BCUT2D eigenvalue weighted by Gasteiger charge is 2.49. The van der Waals surface area contributed by atoms with Crippen LogP contribution in [0.4, 0.5) is 0 Å². The fourth-order valence-corrected chi connectivity index (χ4v) is 2.89. The molecule has 0 atom stereocenters. The average molecular weight is 249 g/mol. The Balaban J connectivity index is 2.66. The fourth-order valence-electron chi connectivity index (χ4n) is 2.89. The van der Waals surface area contributed by atoms with E-state index in [-0.39, 0.29) is 0 Å². The van der Waals surface area contributed by atoms with E-state index in [2.05, 4.69) is 0 Å². The lowest BCUT2D eigenvalue weighted by atomic mass is 9.86. The molecular formula is C15H23NO2. The van der Waals surface area contributed by atoms with E-state index in [1.54, 1.807) is 13.8 Å². The van der Waals surface area contributed by atoms with E-state index in [1.807, 2.05) is 45.9 Å². The molecule has 0 spiro atoms. The Morgan fingerprint density at radius 3 is 2.00 bits per heavy atom. The lowest BCUT2D eigenvalue weighted by molar-refractivity contribution is -0.216. The van der Waals surface area contributed by atoms with E-state index in [0.717, 1.165) is 16.7 Å². The summed E-state index contributed by atoms with van der Waals surface area (Å²) in [7, 11) is 0. The minimum atomic E-state index is -0.863. The molecule has 0 radical (unpaired) electrons. The third-order valence-corrected chi connectivity index (χ3v) is 4.10. The van der Waals surface area contributed by atoms with Gasteiger partial charge in [-0.1, -0.05) is 18.2 Å². The van der Waals surface area contributed by atoms with Crippen molar-refractivity contribution in [2.24, 2.45) is 0 Å². The van der Waals surface area contributed by atoms with Gasteiger partial charge in [0.05, 0.1) is 16.7 Å². The molecule has 2 rings (SSSR count). The highest BCUT2D eigenvalue weighted by atomic mass is 16.5. The van der Waals surface area contributed by atoms with E-state index in [0.29, 0.717) is 0 Å². The monoisotopic (exact) mass is 249 g/mol. The standard InChI is InChI=1S/C15H23NO2/c1-13(2)11-8-7-10(15(5,6)17)9-12(11)14(3,4)16(13)18/h7-9,17-18H,1-6H3. The first kappa shape index (κ1) is 13.5. The summed E-state index contributed by atoms with van der Waals surface area (Å²) < 4.78 is 0. The molecule has 1 aliphatic rings. The van der Waals surface area contributed by atoms with Crippen LogP contribution >= 0.6 is 0 Å². The summed E-state index contributed by atoms with van der Waals surface area (Å²) in [4.78, 5) is 0. The Hall–Kier alpha value is -0.900. The predicted molar refractivity (Wildman–Crippen MR) is 71.4 cm³/mol. The van der Waals surface area contributed by atoms with Gasteiger partial charge >= 0.3 is 0 Å². The largest absolute Gasteiger partial charge is 0.386 e. The zero-order chi connectivity index (χ0) is 13.9. The quantitative estimate of drug-likeness (QED) is 0.804. The maximum atomic E-state index is 10.4. The van der Waals surface area contributed by atoms with Crippen molar-refractivity contribution in [3.63, 3.8) is 0 Å². The summed E-state index contributed by atoms with van der Waals surface area (Å²) in [6.45, 7) is 11.6. The van der Waals surface area contributed by atoms with Crippen LogP contribution < -0.4 is 0 Å². The van der Waals surface area contributed by atoms with Crippen molar-refractivity contribution in [2.75, 3.05) is 0 Å². The second kappa shape index (κ2) is 3.56. The smallest absolute Gasteiger partial charge is 0.0840 e. The topological polar surface area (TPSA) is 43.7 Å². The molecular weight excluding hydrogens is 226 g/mol. The van der Waals surface area contributed by atoms with Crippen molar-refractivity contribution < 1.29 is 10.3 Å². The average Bonchev–Trinajstić information content (AvgIpc) is 2.37. The second-order valence-corrected chi connectivity index (χ2v) is 6.75. The van der Waals surface area contributed by atoms with E-state index < -0.39 is 16.7 Å². The number of nitrogens with zero attached hydrogens (tertiary/aromatic N) is 1. The van der Waals surface area contributed by atoms with Gasteiger partial charge in [-0.25, -0.2) is 0 Å². The van der Waals surface area contributed by atoms with Crippen LogP contribution in [0.2, 0.25) is 0 Å². The molecule has 0 bridgehead atoms. The molecule has 0 amide bonds. The number of aliphatic hydroxyl groups is 1. The van der Waals surface area contributed by atoms with Gasteiger partial charge in [-0.15, -0.1) is 0 Å². The summed E-state index contributed by atoms with van der Waals surface area (Å²) in [6.07, 6.45) is 0. The van der Waals surface area contributed by atoms with Crippen molar-refractivity contribution in [1.82, 2.24) is 5.06 Å². The van der Waals surface area contributed by atoms with E-state index in [1.165, 1.54) is 5.06 Å². The summed E-state index contributed by atoms with van der Waals surface area (Å²) in [5.74, 6) is 0. The highest BCUT2D eigenvalue weighted by molar-refractivity contribution is 5.45. The molecule has 100 valence electrons. The molecule has 0 aromatic heterocycles. The summed E-state index contributed by atoms with van der Waals surface area (Å²) in [5, 5.41) is 21.9. The number of hydroxylamine groups is 2. The molecule has 1 aliphatic heterocycles. The molecule has 1 heterocycles. The highest BCUT2D eigenvalue weighted by Crippen LogP contribution is 2.48. The second-order valence-electron chi connectivity index (χ2n) is 6.75. The Kier molecular flexibility index (Phi) is 2.68. The van der Waals surface area contributed by atoms with Gasteiger partial charge in [0, 0.05) is 0 Å². The first-order chi connectivity index (χ1) is 7.99. The molecule has 1 aromatic carbocycles. The maximum absolute atomic E-state index is 10.4. The summed E-state index contributed by atoms with van der Waals surface area (Å²) >= 11 is 0. The normalized spacial score (nSPS) is 22.0. The van der Waals surface area contributed by atoms with Crippen molar-refractivity contribution in [3.8, 4) is 0 Å². The number of rotatable bonds is 1. The Morgan fingerprint density at radius 1 is 1.00 bits per heavy atom. The molecule has 0 aliphatic carbocycles. The third kappa shape index (κ3) is 1.69. The zero-order valence-electron chi connectivity index (χ0n) is 12.1. The number of benzene rings is 1. The van der Waals surface area contributed by atoms with Gasteiger partial charge in [0.25, 0.3) is 0 Å². The minimum Gasteiger partial charge on any atom is -0.386 e. The maximum Gasteiger partial charge on any atom is 0.0840 e. The van der Waals surface area contributed by atoms with Crippen LogP contribution in [0.3, 0.4) is 0 Å². The van der Waals surface area contributed by atoms with Crippen LogP contribution in [0, 0.1) is 0 Å². The molecule has 3 heteroatoms. The van der Waals surface area contributed by atoms with Gasteiger partial charge in [-0.05, 0) is 58.2 Å². The summed E-state index contributed by atoms with van der Waals surface area (Å²) in [6, 6.07) is 5.96. The number of hydrogen-bond acceptors (Lipinski definition) is 3. The first-order valence-corrected chi connectivity index (χ1v) is 6.36. The van der Waals surface area contributed by atoms with Gasteiger partial charge in [0.1, 0.15) is 0 Å². The van der Waals surface area contributed by atoms with Crippen molar-refractivity contribution in [3.05, 3.63) is 34.9 Å². The van der Waals surface area contributed by atoms with Gasteiger partial charge in [0.15, 0.2) is 0 Å². The van der Waals surface area contributed by atoms with E-state index >= 15 is 0 Å². The van der Waals surface area contributed by atoms with E-state index in [4.69, 9.17) is 0 Å². The SMILES string of the molecule is CC(C)(O)c1ccc2c(c1)C(C)(C)N(O)C2(C)C. The molecule has 3 nitrogen and oxygen atoms in total.